The Bertz CT molecular complexity index is 764. The Morgan fingerprint density at radius 1 is 1.06 bits per heavy atom. The van der Waals surface area contributed by atoms with E-state index >= 15 is 0 Å². The molecule has 0 saturated carbocycles. The third-order valence-electron chi connectivity index (χ3n) is 7.10. The molecule has 2 fully saturated rings. The summed E-state index contributed by atoms with van der Waals surface area (Å²) in [6.45, 7) is 8.39. The van der Waals surface area contributed by atoms with E-state index in [-0.39, 0.29) is 29.9 Å². The Labute approximate surface area is 210 Å². The minimum Gasteiger partial charge on any atom is -0.356 e. The van der Waals surface area contributed by atoms with Gasteiger partial charge in [-0.1, -0.05) is 30.7 Å². The molecule has 3 aliphatic rings. The molecule has 178 valence electrons. The van der Waals surface area contributed by atoms with Crippen LogP contribution in [0, 0.1) is 5.92 Å². The minimum absolute atomic E-state index is 0. The van der Waals surface area contributed by atoms with Gasteiger partial charge in [0, 0.05) is 52.7 Å². The summed E-state index contributed by atoms with van der Waals surface area (Å²) >= 11 is 0. The second kappa shape index (κ2) is 12.8. The van der Waals surface area contributed by atoms with E-state index in [9.17, 15) is 4.79 Å². The average molecular weight is 554 g/mol. The topological polar surface area (TPSA) is 51.2 Å². The molecule has 3 aliphatic heterocycles. The number of aliphatic imine (C=N–C) groups is 1. The summed E-state index contributed by atoms with van der Waals surface area (Å²) in [6.07, 6.45) is 7.80. The molecular formula is C25H40IN5O. The lowest BCUT2D eigenvalue weighted by molar-refractivity contribution is -0.132. The number of benzene rings is 1. The predicted octanol–water partition coefficient (Wildman–Crippen LogP) is 3.35. The van der Waals surface area contributed by atoms with Crippen LogP contribution in [0.25, 0.3) is 0 Å². The number of guanidine groups is 1. The zero-order valence-corrected chi connectivity index (χ0v) is 21.9. The number of carbonyl (C=O) groups excluding carboxylic acids is 1. The molecular weight excluding hydrogens is 513 g/mol. The number of rotatable bonds is 6. The van der Waals surface area contributed by atoms with E-state index in [1.165, 1.54) is 56.4 Å². The normalized spacial score (nSPS) is 21.8. The molecule has 1 amide bonds. The van der Waals surface area contributed by atoms with E-state index in [1.807, 2.05) is 11.9 Å². The second-order valence-corrected chi connectivity index (χ2v) is 9.37. The van der Waals surface area contributed by atoms with Crippen molar-refractivity contribution in [3.05, 3.63) is 35.4 Å². The summed E-state index contributed by atoms with van der Waals surface area (Å²) in [6, 6.07) is 8.49. The number of hydrogen-bond donors (Lipinski definition) is 1. The summed E-state index contributed by atoms with van der Waals surface area (Å²) in [5, 5.41) is 3.50. The predicted molar refractivity (Wildman–Crippen MR) is 142 cm³/mol. The van der Waals surface area contributed by atoms with Crippen LogP contribution in [-0.2, 0) is 17.8 Å². The van der Waals surface area contributed by atoms with Crippen LogP contribution < -0.4 is 5.32 Å². The first-order valence-corrected chi connectivity index (χ1v) is 12.3. The van der Waals surface area contributed by atoms with Gasteiger partial charge in [0.05, 0.1) is 0 Å². The molecule has 1 aromatic rings. The van der Waals surface area contributed by atoms with Crippen molar-refractivity contribution in [3.8, 4) is 0 Å². The Morgan fingerprint density at radius 3 is 2.62 bits per heavy atom. The van der Waals surface area contributed by atoms with Crippen molar-refractivity contribution in [2.75, 3.05) is 52.9 Å². The smallest absolute Gasteiger partial charge is 0.222 e. The zero-order chi connectivity index (χ0) is 21.5. The second-order valence-electron chi connectivity index (χ2n) is 9.37. The molecule has 1 aromatic carbocycles. The van der Waals surface area contributed by atoms with Gasteiger partial charge in [0.1, 0.15) is 0 Å². The third-order valence-corrected chi connectivity index (χ3v) is 7.10. The van der Waals surface area contributed by atoms with Crippen molar-refractivity contribution in [1.82, 2.24) is 20.0 Å². The summed E-state index contributed by atoms with van der Waals surface area (Å²) < 4.78 is 0. The molecule has 0 radical (unpaired) electrons. The first-order valence-electron chi connectivity index (χ1n) is 12.3. The maximum Gasteiger partial charge on any atom is 0.222 e. The van der Waals surface area contributed by atoms with Crippen LogP contribution in [0.4, 0.5) is 0 Å². The van der Waals surface area contributed by atoms with Gasteiger partial charge in [-0.25, -0.2) is 0 Å². The zero-order valence-electron chi connectivity index (χ0n) is 19.6. The largest absolute Gasteiger partial charge is 0.356 e. The van der Waals surface area contributed by atoms with Crippen molar-refractivity contribution in [1.29, 1.82) is 0 Å². The Hall–Kier alpha value is -1.35. The summed E-state index contributed by atoms with van der Waals surface area (Å²) in [7, 11) is 1.87. The quantitative estimate of drug-likeness (QED) is 0.254. The lowest BCUT2D eigenvalue weighted by Gasteiger charge is -2.29. The molecule has 1 atom stereocenters. The molecule has 32 heavy (non-hydrogen) atoms. The van der Waals surface area contributed by atoms with Crippen molar-refractivity contribution < 1.29 is 4.79 Å². The molecule has 3 heterocycles. The van der Waals surface area contributed by atoms with Crippen LogP contribution in [0.15, 0.2) is 29.3 Å². The van der Waals surface area contributed by atoms with Gasteiger partial charge in [-0.3, -0.25) is 9.79 Å². The van der Waals surface area contributed by atoms with Crippen LogP contribution in [0.2, 0.25) is 0 Å². The van der Waals surface area contributed by atoms with Gasteiger partial charge < -0.3 is 20.0 Å². The molecule has 2 saturated heterocycles. The molecule has 1 N–H and O–H groups in total. The number of hydrogen-bond acceptors (Lipinski definition) is 3. The van der Waals surface area contributed by atoms with Crippen LogP contribution in [-0.4, -0.2) is 79.4 Å². The van der Waals surface area contributed by atoms with E-state index in [4.69, 9.17) is 0 Å². The number of piperidine rings is 1. The van der Waals surface area contributed by atoms with Gasteiger partial charge in [-0.15, -0.1) is 24.0 Å². The van der Waals surface area contributed by atoms with E-state index in [0.717, 1.165) is 57.4 Å². The fourth-order valence-corrected chi connectivity index (χ4v) is 5.32. The number of halogens is 1. The molecule has 7 heteroatoms. The summed E-state index contributed by atoms with van der Waals surface area (Å²) in [5.74, 6) is 2.02. The SMILES string of the molecule is CN=C(NCCCC(=O)N1CCc2ccccc2C1)N1CCC(CN2CCCCC2)C1.I. The Balaban J connectivity index is 0.00000289. The highest BCUT2D eigenvalue weighted by Crippen LogP contribution is 2.21. The van der Waals surface area contributed by atoms with E-state index in [1.54, 1.807) is 0 Å². The number of likely N-dealkylation sites (tertiary alicyclic amines) is 2. The number of fused-ring (bicyclic) bond motifs is 1. The number of nitrogens with zero attached hydrogens (tertiary/aromatic N) is 4. The molecule has 6 nitrogen and oxygen atoms in total. The highest BCUT2D eigenvalue weighted by Gasteiger charge is 2.27. The van der Waals surface area contributed by atoms with Crippen LogP contribution in [0.1, 0.15) is 49.7 Å². The highest BCUT2D eigenvalue weighted by atomic mass is 127. The van der Waals surface area contributed by atoms with E-state index < -0.39 is 0 Å². The van der Waals surface area contributed by atoms with Crippen LogP contribution in [0.5, 0.6) is 0 Å². The molecule has 0 spiro atoms. The van der Waals surface area contributed by atoms with Gasteiger partial charge in [-0.05, 0) is 62.2 Å². The van der Waals surface area contributed by atoms with Crippen molar-refractivity contribution in [2.45, 2.75) is 51.5 Å². The Kier molecular flexibility index (Phi) is 10.1. The maximum absolute atomic E-state index is 12.7. The van der Waals surface area contributed by atoms with Crippen LogP contribution in [0.3, 0.4) is 0 Å². The molecule has 0 aromatic heterocycles. The van der Waals surface area contributed by atoms with Crippen molar-refractivity contribution in [2.24, 2.45) is 10.9 Å². The Morgan fingerprint density at radius 2 is 1.84 bits per heavy atom. The van der Waals surface area contributed by atoms with E-state index in [2.05, 4.69) is 44.4 Å². The van der Waals surface area contributed by atoms with Gasteiger partial charge in [0.2, 0.25) is 5.91 Å². The maximum atomic E-state index is 12.7. The fraction of sp³-hybridized carbons (Fsp3) is 0.680. The van der Waals surface area contributed by atoms with Crippen LogP contribution >= 0.6 is 24.0 Å². The highest BCUT2D eigenvalue weighted by molar-refractivity contribution is 14.0. The van der Waals surface area contributed by atoms with Gasteiger partial charge in [-0.2, -0.15) is 0 Å². The number of amides is 1. The lowest BCUT2D eigenvalue weighted by Crippen LogP contribution is -2.42. The van der Waals surface area contributed by atoms with Gasteiger partial charge >= 0.3 is 0 Å². The van der Waals surface area contributed by atoms with Crippen molar-refractivity contribution >= 4 is 35.8 Å². The molecule has 4 rings (SSSR count). The lowest BCUT2D eigenvalue weighted by atomic mass is 9.99. The monoisotopic (exact) mass is 553 g/mol. The van der Waals surface area contributed by atoms with E-state index in [0.29, 0.717) is 6.42 Å². The van der Waals surface area contributed by atoms with Crippen molar-refractivity contribution in [3.63, 3.8) is 0 Å². The van der Waals surface area contributed by atoms with Gasteiger partial charge in [0.25, 0.3) is 0 Å². The molecule has 1 unspecified atom stereocenters. The fourth-order valence-electron chi connectivity index (χ4n) is 5.32. The summed E-state index contributed by atoms with van der Waals surface area (Å²) in [5.41, 5.74) is 2.69. The number of carbonyl (C=O) groups is 1. The number of nitrogens with one attached hydrogen (secondary N) is 1. The van der Waals surface area contributed by atoms with Gasteiger partial charge in [0.15, 0.2) is 5.96 Å². The minimum atomic E-state index is 0. The first-order chi connectivity index (χ1) is 15.2. The summed E-state index contributed by atoms with van der Waals surface area (Å²) in [4.78, 5) is 24.2. The third kappa shape index (κ3) is 6.83. The molecule has 0 bridgehead atoms. The standard InChI is InChI=1S/C25H39N5O.HI/c1-26-25(30-16-11-21(19-30)18-28-14-5-2-6-15-28)27-13-7-10-24(31)29-17-12-22-8-3-4-9-23(22)20-29;/h3-4,8-9,21H,2,5-7,10-20H2,1H3,(H,26,27);1H. The molecule has 0 aliphatic carbocycles. The first kappa shape index (κ1) is 25.3. The average Bonchev–Trinajstić information content (AvgIpc) is 3.27.